The van der Waals surface area contributed by atoms with Crippen LogP contribution in [0.5, 0.6) is 0 Å². The third-order valence-corrected chi connectivity index (χ3v) is 3.85. The topological polar surface area (TPSA) is 12.9 Å². The lowest BCUT2D eigenvalue weighted by molar-refractivity contribution is 0.507. The summed E-state index contributed by atoms with van der Waals surface area (Å²) < 4.78 is 0. The molecule has 0 saturated carbocycles. The SMILES string of the molecule is CCC(C)(C)c1scnc1C(C)C. The summed E-state index contributed by atoms with van der Waals surface area (Å²) in [6, 6.07) is 0. The van der Waals surface area contributed by atoms with E-state index in [9.17, 15) is 0 Å². The van der Waals surface area contributed by atoms with Gasteiger partial charge < -0.3 is 0 Å². The molecule has 0 N–H and O–H groups in total. The first-order valence-electron chi connectivity index (χ1n) is 4.93. The zero-order chi connectivity index (χ0) is 10.1. The molecule has 0 aliphatic carbocycles. The van der Waals surface area contributed by atoms with Gasteiger partial charge in [0.2, 0.25) is 0 Å². The largest absolute Gasteiger partial charge is 0.249 e. The molecule has 74 valence electrons. The van der Waals surface area contributed by atoms with Gasteiger partial charge in [0.1, 0.15) is 0 Å². The van der Waals surface area contributed by atoms with Crippen LogP contribution in [0, 0.1) is 0 Å². The van der Waals surface area contributed by atoms with Crippen molar-refractivity contribution >= 4 is 11.3 Å². The Balaban J connectivity index is 3.07. The zero-order valence-corrected chi connectivity index (χ0v) is 10.0. The van der Waals surface area contributed by atoms with Crippen LogP contribution in [0.1, 0.15) is 57.5 Å². The highest BCUT2D eigenvalue weighted by molar-refractivity contribution is 7.09. The smallest absolute Gasteiger partial charge is 0.0798 e. The van der Waals surface area contributed by atoms with Crippen LogP contribution in [-0.2, 0) is 5.41 Å². The van der Waals surface area contributed by atoms with Gasteiger partial charge in [-0.05, 0) is 12.3 Å². The normalized spacial score (nSPS) is 12.5. The van der Waals surface area contributed by atoms with Crippen LogP contribution in [0.25, 0.3) is 0 Å². The second kappa shape index (κ2) is 3.79. The van der Waals surface area contributed by atoms with Crippen molar-refractivity contribution in [2.24, 2.45) is 0 Å². The van der Waals surface area contributed by atoms with Gasteiger partial charge in [-0.2, -0.15) is 0 Å². The van der Waals surface area contributed by atoms with Crippen LogP contribution in [0.2, 0.25) is 0 Å². The molecule has 1 rings (SSSR count). The average molecular weight is 197 g/mol. The van der Waals surface area contributed by atoms with E-state index in [2.05, 4.69) is 39.6 Å². The predicted molar refractivity (Wildman–Crippen MR) is 59.5 cm³/mol. The maximum Gasteiger partial charge on any atom is 0.0798 e. The highest BCUT2D eigenvalue weighted by atomic mass is 32.1. The lowest BCUT2D eigenvalue weighted by Gasteiger charge is -2.23. The summed E-state index contributed by atoms with van der Waals surface area (Å²) in [7, 11) is 0. The first-order chi connectivity index (χ1) is 5.99. The maximum absolute atomic E-state index is 4.45. The third kappa shape index (κ3) is 2.11. The molecule has 0 amide bonds. The Morgan fingerprint density at radius 3 is 2.54 bits per heavy atom. The summed E-state index contributed by atoms with van der Waals surface area (Å²) in [5.74, 6) is 0.548. The third-order valence-electron chi connectivity index (χ3n) is 2.64. The molecule has 0 bridgehead atoms. The van der Waals surface area contributed by atoms with Crippen molar-refractivity contribution in [3.8, 4) is 0 Å². The van der Waals surface area contributed by atoms with E-state index in [0.29, 0.717) is 11.3 Å². The molecule has 13 heavy (non-hydrogen) atoms. The zero-order valence-electron chi connectivity index (χ0n) is 9.22. The van der Waals surface area contributed by atoms with Crippen molar-refractivity contribution in [1.29, 1.82) is 0 Å². The average Bonchev–Trinajstić information content (AvgIpc) is 2.52. The van der Waals surface area contributed by atoms with Crippen molar-refractivity contribution in [2.75, 3.05) is 0 Å². The Bertz CT molecular complexity index is 273. The van der Waals surface area contributed by atoms with Gasteiger partial charge in [-0.15, -0.1) is 11.3 Å². The Morgan fingerprint density at radius 2 is 2.08 bits per heavy atom. The second-order valence-electron chi connectivity index (χ2n) is 4.46. The van der Waals surface area contributed by atoms with Crippen molar-refractivity contribution in [1.82, 2.24) is 4.98 Å². The van der Waals surface area contributed by atoms with E-state index in [1.807, 2.05) is 5.51 Å². The Labute approximate surface area is 85.2 Å². The molecular weight excluding hydrogens is 178 g/mol. The van der Waals surface area contributed by atoms with Gasteiger partial charge in [0.25, 0.3) is 0 Å². The lowest BCUT2D eigenvalue weighted by Crippen LogP contribution is -2.16. The summed E-state index contributed by atoms with van der Waals surface area (Å²) in [5.41, 5.74) is 3.56. The van der Waals surface area contributed by atoms with Crippen LogP contribution in [0.3, 0.4) is 0 Å². The second-order valence-corrected chi connectivity index (χ2v) is 5.31. The van der Waals surface area contributed by atoms with Gasteiger partial charge in [0.05, 0.1) is 11.2 Å². The van der Waals surface area contributed by atoms with Crippen LogP contribution in [0.15, 0.2) is 5.51 Å². The van der Waals surface area contributed by atoms with Crippen molar-refractivity contribution in [3.05, 3.63) is 16.1 Å². The molecule has 0 saturated heterocycles. The minimum absolute atomic E-state index is 0.292. The van der Waals surface area contributed by atoms with Gasteiger partial charge in [-0.1, -0.05) is 34.6 Å². The van der Waals surface area contributed by atoms with Crippen molar-refractivity contribution < 1.29 is 0 Å². The van der Waals surface area contributed by atoms with Crippen LogP contribution >= 0.6 is 11.3 Å². The fraction of sp³-hybridized carbons (Fsp3) is 0.727. The molecule has 0 radical (unpaired) electrons. The first kappa shape index (κ1) is 10.7. The standard InChI is InChI=1S/C11H19NS/c1-6-11(4,5)10-9(8(2)3)12-7-13-10/h7-8H,6H2,1-5H3. The molecule has 2 heteroatoms. The molecule has 1 heterocycles. The molecule has 0 fully saturated rings. The first-order valence-corrected chi connectivity index (χ1v) is 5.81. The minimum Gasteiger partial charge on any atom is -0.249 e. The molecular formula is C11H19NS. The Morgan fingerprint density at radius 1 is 1.46 bits per heavy atom. The van der Waals surface area contributed by atoms with E-state index in [1.165, 1.54) is 17.0 Å². The number of hydrogen-bond donors (Lipinski definition) is 0. The highest BCUT2D eigenvalue weighted by Crippen LogP contribution is 2.35. The van der Waals surface area contributed by atoms with E-state index in [1.54, 1.807) is 11.3 Å². The minimum atomic E-state index is 0.292. The summed E-state index contributed by atoms with van der Waals surface area (Å²) in [5, 5.41) is 0. The van der Waals surface area contributed by atoms with Gasteiger partial charge in [0.15, 0.2) is 0 Å². The number of nitrogens with zero attached hydrogens (tertiary/aromatic N) is 1. The quantitative estimate of drug-likeness (QED) is 0.715. The predicted octanol–water partition coefficient (Wildman–Crippen LogP) is 3.95. The molecule has 0 unspecified atom stereocenters. The number of rotatable bonds is 3. The number of hydrogen-bond acceptors (Lipinski definition) is 2. The Hall–Kier alpha value is -0.370. The molecule has 0 aromatic carbocycles. The van der Waals surface area contributed by atoms with Gasteiger partial charge in [0, 0.05) is 10.3 Å². The van der Waals surface area contributed by atoms with Crippen LogP contribution < -0.4 is 0 Å². The summed E-state index contributed by atoms with van der Waals surface area (Å²) in [4.78, 5) is 5.91. The van der Waals surface area contributed by atoms with Gasteiger partial charge >= 0.3 is 0 Å². The number of thiazole rings is 1. The molecule has 1 aromatic heterocycles. The van der Waals surface area contributed by atoms with E-state index in [0.717, 1.165) is 0 Å². The van der Waals surface area contributed by atoms with E-state index < -0.39 is 0 Å². The van der Waals surface area contributed by atoms with Crippen molar-refractivity contribution in [2.45, 2.75) is 52.4 Å². The summed E-state index contributed by atoms with van der Waals surface area (Å²) >= 11 is 1.80. The fourth-order valence-electron chi connectivity index (χ4n) is 1.33. The van der Waals surface area contributed by atoms with Crippen LogP contribution in [0.4, 0.5) is 0 Å². The van der Waals surface area contributed by atoms with Crippen molar-refractivity contribution in [3.63, 3.8) is 0 Å². The fourth-order valence-corrected chi connectivity index (χ4v) is 2.48. The highest BCUT2D eigenvalue weighted by Gasteiger charge is 2.24. The van der Waals surface area contributed by atoms with Crippen LogP contribution in [-0.4, -0.2) is 4.98 Å². The molecule has 1 nitrogen and oxygen atoms in total. The molecule has 0 atom stereocenters. The number of aromatic nitrogens is 1. The molecule has 0 aliphatic rings. The summed E-state index contributed by atoms with van der Waals surface area (Å²) in [6.45, 7) is 11.3. The van der Waals surface area contributed by atoms with E-state index >= 15 is 0 Å². The van der Waals surface area contributed by atoms with E-state index in [4.69, 9.17) is 0 Å². The van der Waals surface area contributed by atoms with Gasteiger partial charge in [-0.3, -0.25) is 0 Å². The molecule has 1 aromatic rings. The monoisotopic (exact) mass is 197 g/mol. The maximum atomic E-state index is 4.45. The molecule has 0 aliphatic heterocycles. The Kier molecular flexibility index (Phi) is 3.12. The van der Waals surface area contributed by atoms with E-state index in [-0.39, 0.29) is 0 Å². The molecule has 0 spiro atoms. The summed E-state index contributed by atoms with van der Waals surface area (Å²) in [6.07, 6.45) is 1.18. The van der Waals surface area contributed by atoms with Gasteiger partial charge in [-0.25, -0.2) is 4.98 Å². The lowest BCUT2D eigenvalue weighted by atomic mass is 9.85.